The molecule has 156 valence electrons. The van der Waals surface area contributed by atoms with Gasteiger partial charge in [0.25, 0.3) is 11.8 Å². The van der Waals surface area contributed by atoms with Crippen molar-refractivity contribution in [2.45, 2.75) is 50.6 Å². The number of imide groups is 1. The van der Waals surface area contributed by atoms with E-state index >= 15 is 0 Å². The van der Waals surface area contributed by atoms with Gasteiger partial charge < -0.3 is 4.90 Å². The average Bonchev–Trinajstić information content (AvgIpc) is 3.04. The fourth-order valence-electron chi connectivity index (χ4n) is 4.36. The predicted octanol–water partition coefficient (Wildman–Crippen LogP) is 4.70. The molecule has 2 aromatic rings. The van der Waals surface area contributed by atoms with Gasteiger partial charge in [-0.05, 0) is 61.4 Å². The van der Waals surface area contributed by atoms with Gasteiger partial charge in [-0.3, -0.25) is 14.4 Å². The van der Waals surface area contributed by atoms with Gasteiger partial charge >= 0.3 is 0 Å². The van der Waals surface area contributed by atoms with E-state index in [0.29, 0.717) is 11.3 Å². The summed E-state index contributed by atoms with van der Waals surface area (Å²) in [4.78, 5) is 42.3. The Hall–Kier alpha value is -2.54. The maximum atomic E-state index is 13.4. The Balaban J connectivity index is 1.67. The monoisotopic (exact) mass is 472 g/mol. The average molecular weight is 473 g/mol. The van der Waals surface area contributed by atoms with E-state index < -0.39 is 11.9 Å². The lowest BCUT2D eigenvalue weighted by Gasteiger charge is -2.37. The van der Waals surface area contributed by atoms with Crippen LogP contribution in [0.5, 0.6) is 0 Å². The molecular formula is C23H22BrFN2O3. The highest BCUT2D eigenvalue weighted by atomic mass is 79.9. The summed E-state index contributed by atoms with van der Waals surface area (Å²) in [5.74, 6) is -1.46. The van der Waals surface area contributed by atoms with E-state index in [-0.39, 0.29) is 30.2 Å². The molecular weight excluding hydrogens is 451 g/mol. The molecule has 2 fully saturated rings. The SMILES string of the molecule is O=C1CC(N(C(=O)c2ccc(F)cc2)C2CCCCC2)C(=O)N1c1ccc(Br)cc1. The number of anilines is 1. The van der Waals surface area contributed by atoms with Crippen LogP contribution in [0.25, 0.3) is 0 Å². The van der Waals surface area contributed by atoms with Crippen LogP contribution in [0.1, 0.15) is 48.9 Å². The Morgan fingerprint density at radius 3 is 2.23 bits per heavy atom. The maximum Gasteiger partial charge on any atom is 0.257 e. The molecule has 4 rings (SSSR count). The molecule has 0 bridgehead atoms. The van der Waals surface area contributed by atoms with Gasteiger partial charge in [-0.1, -0.05) is 35.2 Å². The first-order chi connectivity index (χ1) is 14.5. The van der Waals surface area contributed by atoms with Crippen molar-refractivity contribution in [3.63, 3.8) is 0 Å². The number of rotatable bonds is 4. The summed E-state index contributed by atoms with van der Waals surface area (Å²) in [6.07, 6.45) is 4.59. The van der Waals surface area contributed by atoms with Crippen LogP contribution in [0.3, 0.4) is 0 Å². The third-order valence-corrected chi connectivity index (χ3v) is 6.37. The van der Waals surface area contributed by atoms with E-state index in [9.17, 15) is 18.8 Å². The number of hydrogen-bond acceptors (Lipinski definition) is 3. The van der Waals surface area contributed by atoms with Gasteiger partial charge in [0, 0.05) is 16.1 Å². The van der Waals surface area contributed by atoms with Gasteiger partial charge in [-0.25, -0.2) is 9.29 Å². The number of hydrogen-bond donors (Lipinski definition) is 0. The minimum absolute atomic E-state index is 0.0433. The number of amides is 3. The van der Waals surface area contributed by atoms with Crippen LogP contribution in [-0.4, -0.2) is 34.7 Å². The number of carbonyl (C=O) groups is 3. The quantitative estimate of drug-likeness (QED) is 0.606. The van der Waals surface area contributed by atoms with Gasteiger partial charge in [0.05, 0.1) is 12.1 Å². The third kappa shape index (κ3) is 4.03. The summed E-state index contributed by atoms with van der Waals surface area (Å²) in [6.45, 7) is 0. The Kier molecular flexibility index (Phi) is 5.99. The van der Waals surface area contributed by atoms with Gasteiger partial charge in [-0.2, -0.15) is 0 Å². The van der Waals surface area contributed by atoms with E-state index in [4.69, 9.17) is 0 Å². The van der Waals surface area contributed by atoms with Crippen molar-refractivity contribution in [1.82, 2.24) is 4.90 Å². The van der Waals surface area contributed by atoms with Crippen LogP contribution in [0.2, 0.25) is 0 Å². The fraction of sp³-hybridized carbons (Fsp3) is 0.348. The summed E-state index contributed by atoms with van der Waals surface area (Å²) in [5.41, 5.74) is 0.817. The smallest absolute Gasteiger partial charge is 0.257 e. The predicted molar refractivity (Wildman–Crippen MR) is 114 cm³/mol. The number of nitrogens with zero attached hydrogens (tertiary/aromatic N) is 2. The molecule has 1 aliphatic carbocycles. The zero-order chi connectivity index (χ0) is 21.3. The molecule has 0 N–H and O–H groups in total. The number of benzene rings is 2. The Morgan fingerprint density at radius 2 is 1.60 bits per heavy atom. The van der Waals surface area contributed by atoms with Crippen molar-refractivity contribution in [2.24, 2.45) is 0 Å². The lowest BCUT2D eigenvalue weighted by Crippen LogP contribution is -2.51. The van der Waals surface area contributed by atoms with Crippen LogP contribution < -0.4 is 4.90 Å². The second kappa shape index (κ2) is 8.68. The lowest BCUT2D eigenvalue weighted by atomic mass is 9.92. The molecule has 1 heterocycles. The largest absolute Gasteiger partial charge is 0.323 e. The van der Waals surface area contributed by atoms with Crippen LogP contribution in [0.4, 0.5) is 10.1 Å². The molecule has 2 aromatic carbocycles. The molecule has 2 aliphatic rings. The highest BCUT2D eigenvalue weighted by Gasteiger charge is 2.46. The maximum absolute atomic E-state index is 13.4. The van der Waals surface area contributed by atoms with Crippen molar-refractivity contribution in [2.75, 3.05) is 4.90 Å². The van der Waals surface area contributed by atoms with Crippen molar-refractivity contribution in [3.05, 3.63) is 64.4 Å². The van der Waals surface area contributed by atoms with E-state index in [1.165, 1.54) is 29.2 Å². The molecule has 0 radical (unpaired) electrons. The zero-order valence-corrected chi connectivity index (χ0v) is 18.0. The molecule has 1 aliphatic heterocycles. The van der Waals surface area contributed by atoms with Gasteiger partial charge in [0.15, 0.2) is 0 Å². The summed E-state index contributed by atoms with van der Waals surface area (Å²) in [7, 11) is 0. The standard InChI is InChI=1S/C23H22BrFN2O3/c24-16-8-12-19(13-9-16)27-21(28)14-20(23(27)30)26(18-4-2-1-3-5-18)22(29)15-6-10-17(25)11-7-15/h6-13,18,20H,1-5,14H2. The fourth-order valence-corrected chi connectivity index (χ4v) is 4.62. The molecule has 1 saturated heterocycles. The van der Waals surface area contributed by atoms with E-state index in [2.05, 4.69) is 15.9 Å². The molecule has 1 unspecified atom stereocenters. The first-order valence-corrected chi connectivity index (χ1v) is 11.0. The number of halogens is 2. The van der Waals surface area contributed by atoms with Crippen LogP contribution in [0.15, 0.2) is 53.0 Å². The normalized spacial score (nSPS) is 19.9. The van der Waals surface area contributed by atoms with Crippen molar-refractivity contribution < 1.29 is 18.8 Å². The van der Waals surface area contributed by atoms with Gasteiger partial charge in [-0.15, -0.1) is 0 Å². The van der Waals surface area contributed by atoms with Crippen LogP contribution in [-0.2, 0) is 9.59 Å². The molecule has 0 spiro atoms. The molecule has 0 aromatic heterocycles. The first kappa shape index (κ1) is 20.7. The summed E-state index contributed by atoms with van der Waals surface area (Å²) < 4.78 is 14.2. The van der Waals surface area contributed by atoms with Crippen LogP contribution >= 0.6 is 15.9 Å². The Morgan fingerprint density at radius 1 is 0.967 bits per heavy atom. The van der Waals surface area contributed by atoms with Crippen molar-refractivity contribution in [1.29, 1.82) is 0 Å². The van der Waals surface area contributed by atoms with Gasteiger partial charge in [0.1, 0.15) is 11.9 Å². The Bertz CT molecular complexity index is 955. The van der Waals surface area contributed by atoms with Gasteiger partial charge in [0.2, 0.25) is 5.91 Å². The Labute approximate surface area is 183 Å². The zero-order valence-electron chi connectivity index (χ0n) is 16.4. The molecule has 3 amide bonds. The number of carbonyl (C=O) groups excluding carboxylic acids is 3. The molecule has 1 atom stereocenters. The minimum atomic E-state index is -0.846. The van der Waals surface area contributed by atoms with Crippen molar-refractivity contribution in [3.8, 4) is 0 Å². The van der Waals surface area contributed by atoms with E-state index in [0.717, 1.165) is 36.6 Å². The minimum Gasteiger partial charge on any atom is -0.323 e. The van der Waals surface area contributed by atoms with Crippen molar-refractivity contribution >= 4 is 39.3 Å². The summed E-state index contributed by atoms with van der Waals surface area (Å²) >= 11 is 3.35. The second-order valence-corrected chi connectivity index (χ2v) is 8.69. The second-order valence-electron chi connectivity index (χ2n) is 7.77. The molecule has 1 saturated carbocycles. The highest BCUT2D eigenvalue weighted by Crippen LogP contribution is 2.32. The van der Waals surface area contributed by atoms with E-state index in [1.807, 2.05) is 0 Å². The third-order valence-electron chi connectivity index (χ3n) is 5.84. The lowest BCUT2D eigenvalue weighted by molar-refractivity contribution is -0.123. The highest BCUT2D eigenvalue weighted by molar-refractivity contribution is 9.10. The molecule has 30 heavy (non-hydrogen) atoms. The first-order valence-electron chi connectivity index (χ1n) is 10.2. The molecule has 7 heteroatoms. The topological polar surface area (TPSA) is 57.7 Å². The summed E-state index contributed by atoms with van der Waals surface area (Å²) in [6, 6.07) is 11.3. The summed E-state index contributed by atoms with van der Waals surface area (Å²) in [5, 5.41) is 0. The van der Waals surface area contributed by atoms with Crippen LogP contribution in [0, 0.1) is 5.82 Å². The molecule has 5 nitrogen and oxygen atoms in total. The van der Waals surface area contributed by atoms with E-state index in [1.54, 1.807) is 29.2 Å².